The molecule has 0 fully saturated rings. The third-order valence-corrected chi connectivity index (χ3v) is 4.62. The molecule has 0 bridgehead atoms. The van der Waals surface area contributed by atoms with E-state index in [2.05, 4.69) is 41.5 Å². The molecular formula is C21H18N4O2. The minimum absolute atomic E-state index is 0.285. The van der Waals surface area contributed by atoms with E-state index in [9.17, 15) is 0 Å². The maximum Gasteiger partial charge on any atom is 0.231 e. The van der Waals surface area contributed by atoms with Crippen LogP contribution in [0.15, 0.2) is 60.8 Å². The van der Waals surface area contributed by atoms with E-state index in [4.69, 9.17) is 14.6 Å². The predicted molar refractivity (Wildman–Crippen MR) is 103 cm³/mol. The summed E-state index contributed by atoms with van der Waals surface area (Å²) in [4.78, 5) is 4.46. The zero-order valence-corrected chi connectivity index (χ0v) is 14.8. The van der Waals surface area contributed by atoms with Crippen molar-refractivity contribution in [3.05, 3.63) is 71.9 Å². The lowest BCUT2D eigenvalue weighted by Gasteiger charge is -2.08. The Morgan fingerprint density at radius 3 is 2.74 bits per heavy atom. The molecule has 0 aliphatic carbocycles. The van der Waals surface area contributed by atoms with Crippen molar-refractivity contribution in [1.29, 1.82) is 0 Å². The first-order valence-electron chi connectivity index (χ1n) is 8.80. The van der Waals surface area contributed by atoms with Crippen LogP contribution >= 0.6 is 0 Å². The van der Waals surface area contributed by atoms with E-state index in [-0.39, 0.29) is 6.79 Å². The van der Waals surface area contributed by atoms with Crippen LogP contribution in [0.5, 0.6) is 11.5 Å². The van der Waals surface area contributed by atoms with Gasteiger partial charge in [0.1, 0.15) is 5.82 Å². The second-order valence-corrected chi connectivity index (χ2v) is 6.54. The number of nitrogens with zero attached hydrogens (tertiary/aromatic N) is 3. The molecule has 2 aromatic carbocycles. The number of imidazole rings is 1. The molecule has 4 aromatic rings. The molecule has 2 aromatic heterocycles. The Hall–Kier alpha value is -3.54. The van der Waals surface area contributed by atoms with Crippen LogP contribution < -0.4 is 14.8 Å². The average molecular weight is 358 g/mol. The van der Waals surface area contributed by atoms with Crippen molar-refractivity contribution in [2.45, 2.75) is 13.5 Å². The van der Waals surface area contributed by atoms with E-state index in [0.717, 1.165) is 39.8 Å². The maximum atomic E-state index is 5.43. The normalized spacial score (nSPS) is 12.5. The SMILES string of the molecule is Cc1ccc(-c2cnc3ccc(NCc4ccc5c(c4)OCO5)nn23)cc1. The highest BCUT2D eigenvalue weighted by molar-refractivity contribution is 5.64. The van der Waals surface area contributed by atoms with E-state index in [0.29, 0.717) is 6.54 Å². The fraction of sp³-hybridized carbons (Fsp3) is 0.143. The van der Waals surface area contributed by atoms with Gasteiger partial charge in [-0.05, 0) is 36.8 Å². The van der Waals surface area contributed by atoms with Crippen LogP contribution in [0, 0.1) is 6.92 Å². The molecular weight excluding hydrogens is 340 g/mol. The molecule has 0 unspecified atom stereocenters. The van der Waals surface area contributed by atoms with E-state index < -0.39 is 0 Å². The molecule has 27 heavy (non-hydrogen) atoms. The Kier molecular flexibility index (Phi) is 3.67. The van der Waals surface area contributed by atoms with Gasteiger partial charge in [-0.1, -0.05) is 35.9 Å². The third kappa shape index (κ3) is 2.95. The second kappa shape index (κ2) is 6.32. The number of rotatable bonds is 4. The van der Waals surface area contributed by atoms with Gasteiger partial charge in [0.25, 0.3) is 0 Å². The van der Waals surface area contributed by atoms with Gasteiger partial charge in [-0.2, -0.15) is 0 Å². The van der Waals surface area contributed by atoms with Gasteiger partial charge in [0.2, 0.25) is 6.79 Å². The zero-order valence-electron chi connectivity index (χ0n) is 14.8. The first-order valence-corrected chi connectivity index (χ1v) is 8.80. The van der Waals surface area contributed by atoms with Crippen molar-refractivity contribution in [1.82, 2.24) is 14.6 Å². The molecule has 1 N–H and O–H groups in total. The molecule has 0 spiro atoms. The average Bonchev–Trinajstić information content (AvgIpc) is 3.33. The minimum Gasteiger partial charge on any atom is -0.454 e. The lowest BCUT2D eigenvalue weighted by molar-refractivity contribution is 0.174. The summed E-state index contributed by atoms with van der Waals surface area (Å²) in [5.41, 5.74) is 5.21. The molecule has 0 atom stereocenters. The number of fused-ring (bicyclic) bond motifs is 2. The van der Waals surface area contributed by atoms with Crippen molar-refractivity contribution >= 4 is 11.5 Å². The van der Waals surface area contributed by atoms with Crippen LogP contribution in [0.3, 0.4) is 0 Å². The van der Waals surface area contributed by atoms with Gasteiger partial charge in [-0.3, -0.25) is 0 Å². The lowest BCUT2D eigenvalue weighted by atomic mass is 10.1. The number of nitrogens with one attached hydrogen (secondary N) is 1. The molecule has 1 aliphatic heterocycles. The number of benzene rings is 2. The highest BCUT2D eigenvalue weighted by atomic mass is 16.7. The highest BCUT2D eigenvalue weighted by Crippen LogP contribution is 2.32. The molecule has 0 saturated heterocycles. The predicted octanol–water partition coefficient (Wildman–Crippen LogP) is 4.05. The van der Waals surface area contributed by atoms with Crippen LogP contribution in [-0.4, -0.2) is 21.4 Å². The van der Waals surface area contributed by atoms with Crippen molar-refractivity contribution in [2.24, 2.45) is 0 Å². The summed E-state index contributed by atoms with van der Waals surface area (Å²) in [5, 5.41) is 8.07. The first kappa shape index (κ1) is 15.7. The molecule has 6 nitrogen and oxygen atoms in total. The summed E-state index contributed by atoms with van der Waals surface area (Å²) < 4.78 is 12.7. The van der Waals surface area contributed by atoms with Crippen molar-refractivity contribution < 1.29 is 9.47 Å². The van der Waals surface area contributed by atoms with Crippen LogP contribution in [-0.2, 0) is 6.54 Å². The Balaban J connectivity index is 1.41. The molecule has 0 saturated carbocycles. The monoisotopic (exact) mass is 358 g/mol. The van der Waals surface area contributed by atoms with Gasteiger partial charge in [-0.15, -0.1) is 5.10 Å². The lowest BCUT2D eigenvalue weighted by Crippen LogP contribution is -2.04. The molecule has 3 heterocycles. The number of hydrogen-bond acceptors (Lipinski definition) is 5. The van der Waals surface area contributed by atoms with Gasteiger partial charge >= 0.3 is 0 Å². The Morgan fingerprint density at radius 2 is 1.85 bits per heavy atom. The van der Waals surface area contributed by atoms with Crippen molar-refractivity contribution in [2.75, 3.05) is 12.1 Å². The van der Waals surface area contributed by atoms with Crippen LogP contribution in [0.1, 0.15) is 11.1 Å². The molecule has 0 amide bonds. The Labute approximate surface area is 156 Å². The minimum atomic E-state index is 0.285. The number of aryl methyl sites for hydroxylation is 1. The van der Waals surface area contributed by atoms with E-state index in [1.54, 1.807) is 0 Å². The van der Waals surface area contributed by atoms with E-state index in [1.165, 1.54) is 5.56 Å². The highest BCUT2D eigenvalue weighted by Gasteiger charge is 2.13. The van der Waals surface area contributed by atoms with Gasteiger partial charge in [-0.25, -0.2) is 9.50 Å². The molecule has 1 aliphatic rings. The Morgan fingerprint density at radius 1 is 1.00 bits per heavy atom. The van der Waals surface area contributed by atoms with Crippen LogP contribution in [0.25, 0.3) is 16.9 Å². The number of ether oxygens (including phenoxy) is 2. The third-order valence-electron chi connectivity index (χ3n) is 4.62. The first-order chi connectivity index (χ1) is 13.3. The molecule has 6 heteroatoms. The van der Waals surface area contributed by atoms with E-state index in [1.807, 2.05) is 41.0 Å². The summed E-state index contributed by atoms with van der Waals surface area (Å²) in [7, 11) is 0. The summed E-state index contributed by atoms with van der Waals surface area (Å²) in [6.07, 6.45) is 1.86. The van der Waals surface area contributed by atoms with Crippen molar-refractivity contribution in [3.63, 3.8) is 0 Å². The summed E-state index contributed by atoms with van der Waals surface area (Å²) in [5.74, 6) is 2.36. The van der Waals surface area contributed by atoms with Gasteiger partial charge < -0.3 is 14.8 Å². The number of aromatic nitrogens is 3. The standard InChI is InChI=1S/C21H18N4O2/c1-14-2-5-16(6-3-14)17-12-23-21-9-8-20(24-25(17)21)22-11-15-4-7-18-19(10-15)27-13-26-18/h2-10,12H,11,13H2,1H3,(H,22,24). The maximum absolute atomic E-state index is 5.43. The smallest absolute Gasteiger partial charge is 0.231 e. The zero-order chi connectivity index (χ0) is 18.2. The topological polar surface area (TPSA) is 60.7 Å². The van der Waals surface area contributed by atoms with Crippen LogP contribution in [0.4, 0.5) is 5.82 Å². The fourth-order valence-electron chi connectivity index (χ4n) is 3.13. The summed E-state index contributed by atoms with van der Waals surface area (Å²) >= 11 is 0. The molecule has 5 rings (SSSR count). The van der Waals surface area contributed by atoms with Crippen LogP contribution in [0.2, 0.25) is 0 Å². The molecule has 0 radical (unpaired) electrons. The van der Waals surface area contributed by atoms with Gasteiger partial charge in [0.05, 0.1) is 11.9 Å². The van der Waals surface area contributed by atoms with Gasteiger partial charge in [0, 0.05) is 12.1 Å². The van der Waals surface area contributed by atoms with Crippen molar-refractivity contribution in [3.8, 4) is 22.8 Å². The number of hydrogen-bond donors (Lipinski definition) is 1. The van der Waals surface area contributed by atoms with E-state index >= 15 is 0 Å². The Bertz CT molecular complexity index is 1120. The number of anilines is 1. The second-order valence-electron chi connectivity index (χ2n) is 6.54. The fourth-order valence-corrected chi connectivity index (χ4v) is 3.13. The summed E-state index contributed by atoms with van der Waals surface area (Å²) in [6, 6.07) is 18.2. The van der Waals surface area contributed by atoms with Gasteiger partial charge in [0.15, 0.2) is 17.1 Å². The summed E-state index contributed by atoms with van der Waals surface area (Å²) in [6.45, 7) is 3.01. The largest absolute Gasteiger partial charge is 0.454 e. The molecule has 134 valence electrons. The quantitative estimate of drug-likeness (QED) is 0.596.